The van der Waals surface area contributed by atoms with Crippen molar-refractivity contribution in [3.63, 3.8) is 0 Å². The van der Waals surface area contributed by atoms with Crippen LogP contribution in [0.15, 0.2) is 11.4 Å². The molecule has 0 radical (unpaired) electrons. The van der Waals surface area contributed by atoms with Crippen molar-refractivity contribution < 1.29 is 14.8 Å². The number of nitrogens with zero attached hydrogens (tertiary/aromatic N) is 2. The lowest BCUT2D eigenvalue weighted by molar-refractivity contribution is -0.392. The molecular formula is C6H7N3O4S. The Morgan fingerprint density at radius 1 is 1.79 bits per heavy atom. The molecule has 0 aliphatic heterocycles. The van der Waals surface area contributed by atoms with Gasteiger partial charge in [0.15, 0.2) is 11.4 Å². The number of aromatic nitrogens is 2. The fraction of sp³-hybridized carbons (Fsp3) is 0.333. The van der Waals surface area contributed by atoms with E-state index in [1.807, 2.05) is 0 Å². The molecule has 7 nitrogen and oxygen atoms in total. The molecule has 1 aromatic heterocycles. The third-order valence-corrected chi connectivity index (χ3v) is 2.30. The lowest BCUT2D eigenvalue weighted by Crippen LogP contribution is -1.96. The molecule has 1 rings (SSSR count). The first kappa shape index (κ1) is 10.5. The number of carbonyl (C=O) groups is 1. The third kappa shape index (κ3) is 2.73. The van der Waals surface area contributed by atoms with Crippen LogP contribution in [0.4, 0.5) is 5.82 Å². The molecule has 8 heteroatoms. The topological polar surface area (TPSA) is 109 Å². The second-order valence-electron chi connectivity index (χ2n) is 2.31. The second-order valence-corrected chi connectivity index (χ2v) is 3.39. The minimum Gasteiger partial charge on any atom is -0.481 e. The summed E-state index contributed by atoms with van der Waals surface area (Å²) in [5.41, 5.74) is 0. The molecule has 0 atom stereocenters. The van der Waals surface area contributed by atoms with Gasteiger partial charge in [-0.25, -0.2) is 9.97 Å². The Morgan fingerprint density at radius 3 is 3.07 bits per heavy atom. The maximum atomic E-state index is 10.4. The van der Waals surface area contributed by atoms with Crippen molar-refractivity contribution in [2.45, 2.75) is 11.4 Å². The average Bonchev–Trinajstić information content (AvgIpc) is 2.51. The van der Waals surface area contributed by atoms with Crippen molar-refractivity contribution in [1.29, 1.82) is 0 Å². The van der Waals surface area contributed by atoms with Gasteiger partial charge in [-0.05, 0) is 4.92 Å². The van der Waals surface area contributed by atoms with E-state index >= 15 is 0 Å². The second kappa shape index (κ2) is 4.61. The highest BCUT2D eigenvalue weighted by atomic mass is 32.2. The quantitative estimate of drug-likeness (QED) is 0.430. The van der Waals surface area contributed by atoms with Crippen LogP contribution in [0.25, 0.3) is 0 Å². The first-order valence-corrected chi connectivity index (χ1v) is 4.62. The van der Waals surface area contributed by atoms with E-state index in [-0.39, 0.29) is 23.0 Å². The fourth-order valence-electron chi connectivity index (χ4n) is 0.746. The maximum Gasteiger partial charge on any atom is 0.354 e. The SMILES string of the molecule is O=C(O)CCSc1nc[nH]c1[N+](=O)[O-]. The molecule has 0 bridgehead atoms. The Labute approximate surface area is 82.7 Å². The van der Waals surface area contributed by atoms with Gasteiger partial charge in [0.2, 0.25) is 0 Å². The van der Waals surface area contributed by atoms with Crippen LogP contribution in [0.2, 0.25) is 0 Å². The summed E-state index contributed by atoms with van der Waals surface area (Å²) in [4.78, 5) is 26.0. The van der Waals surface area contributed by atoms with Gasteiger partial charge >= 0.3 is 11.8 Å². The zero-order valence-electron chi connectivity index (χ0n) is 6.97. The Hall–Kier alpha value is -1.57. The van der Waals surface area contributed by atoms with E-state index in [0.29, 0.717) is 0 Å². The monoisotopic (exact) mass is 217 g/mol. The number of hydrogen-bond acceptors (Lipinski definition) is 5. The summed E-state index contributed by atoms with van der Waals surface area (Å²) < 4.78 is 0. The molecule has 76 valence electrons. The van der Waals surface area contributed by atoms with Gasteiger partial charge in [-0.1, -0.05) is 11.8 Å². The number of carboxylic acids is 1. The van der Waals surface area contributed by atoms with Gasteiger partial charge in [0.1, 0.15) is 0 Å². The molecule has 0 amide bonds. The minimum atomic E-state index is -0.935. The van der Waals surface area contributed by atoms with E-state index in [9.17, 15) is 14.9 Å². The molecular weight excluding hydrogens is 210 g/mol. The van der Waals surface area contributed by atoms with Crippen LogP contribution in [0.3, 0.4) is 0 Å². The number of imidazole rings is 1. The van der Waals surface area contributed by atoms with Gasteiger partial charge < -0.3 is 15.2 Å². The summed E-state index contributed by atoms with van der Waals surface area (Å²) in [5.74, 6) is -0.864. The summed E-state index contributed by atoms with van der Waals surface area (Å²) >= 11 is 1.05. The number of thioether (sulfide) groups is 1. The standard InChI is InChI=1S/C6H7N3O4S/c10-4(11)1-2-14-6-5(9(12)13)7-3-8-6/h3H,1-2H2,(H,7,8)(H,10,11). The van der Waals surface area contributed by atoms with Crippen LogP contribution in [0.5, 0.6) is 0 Å². The molecule has 1 heterocycles. The number of hydrogen-bond donors (Lipinski definition) is 2. The smallest absolute Gasteiger partial charge is 0.354 e. The lowest BCUT2D eigenvalue weighted by Gasteiger charge is -1.95. The average molecular weight is 217 g/mol. The Bertz CT molecular complexity index is 351. The molecule has 0 aliphatic carbocycles. The van der Waals surface area contributed by atoms with E-state index in [4.69, 9.17) is 5.11 Å². The van der Waals surface area contributed by atoms with Crippen molar-refractivity contribution in [2.75, 3.05) is 5.75 Å². The van der Waals surface area contributed by atoms with E-state index in [2.05, 4.69) is 9.97 Å². The number of H-pyrrole nitrogens is 1. The first-order valence-electron chi connectivity index (χ1n) is 3.63. The van der Waals surface area contributed by atoms with Crippen LogP contribution in [0, 0.1) is 10.1 Å². The van der Waals surface area contributed by atoms with Crippen LogP contribution < -0.4 is 0 Å². The third-order valence-electron chi connectivity index (χ3n) is 1.32. The number of rotatable bonds is 5. The van der Waals surface area contributed by atoms with Crippen LogP contribution in [-0.2, 0) is 4.79 Å². The summed E-state index contributed by atoms with van der Waals surface area (Å²) in [6.45, 7) is 0. The number of nitrogens with one attached hydrogen (secondary N) is 1. The van der Waals surface area contributed by atoms with Gasteiger partial charge in [0, 0.05) is 5.75 Å². The molecule has 0 fully saturated rings. The number of nitro groups is 1. The summed E-state index contributed by atoms with van der Waals surface area (Å²) in [6.07, 6.45) is 1.16. The van der Waals surface area contributed by atoms with E-state index < -0.39 is 10.9 Å². The van der Waals surface area contributed by atoms with Crippen LogP contribution >= 0.6 is 11.8 Å². The zero-order chi connectivity index (χ0) is 10.6. The summed E-state index contributed by atoms with van der Waals surface area (Å²) in [6, 6.07) is 0. The largest absolute Gasteiger partial charge is 0.481 e. The number of aliphatic carboxylic acids is 1. The highest BCUT2D eigenvalue weighted by Gasteiger charge is 2.15. The molecule has 0 saturated carbocycles. The minimum absolute atomic E-state index is 0.0469. The van der Waals surface area contributed by atoms with Crippen LogP contribution in [0.1, 0.15) is 6.42 Å². The summed E-state index contributed by atoms with van der Waals surface area (Å²) in [7, 11) is 0. The first-order chi connectivity index (χ1) is 6.61. The van der Waals surface area contributed by atoms with Gasteiger partial charge in [0.05, 0.1) is 6.42 Å². The van der Waals surface area contributed by atoms with E-state index in [1.165, 1.54) is 6.33 Å². The fourth-order valence-corrected chi connectivity index (χ4v) is 1.61. The van der Waals surface area contributed by atoms with Crippen LogP contribution in [-0.4, -0.2) is 31.7 Å². The molecule has 0 unspecified atom stereocenters. The van der Waals surface area contributed by atoms with Gasteiger partial charge in [0.25, 0.3) is 0 Å². The Kier molecular flexibility index (Phi) is 3.46. The van der Waals surface area contributed by atoms with Crippen molar-refractivity contribution in [3.05, 3.63) is 16.4 Å². The molecule has 1 aromatic rings. The predicted octanol–water partition coefficient (Wildman–Crippen LogP) is 0.885. The van der Waals surface area contributed by atoms with Gasteiger partial charge in [-0.15, -0.1) is 0 Å². The van der Waals surface area contributed by atoms with E-state index in [0.717, 1.165) is 11.8 Å². The van der Waals surface area contributed by atoms with Gasteiger partial charge in [-0.3, -0.25) is 4.79 Å². The predicted molar refractivity (Wildman–Crippen MR) is 48.2 cm³/mol. The van der Waals surface area contributed by atoms with Crippen molar-refractivity contribution >= 4 is 23.5 Å². The molecule has 14 heavy (non-hydrogen) atoms. The van der Waals surface area contributed by atoms with Gasteiger partial charge in [-0.2, -0.15) is 0 Å². The van der Waals surface area contributed by atoms with Crippen molar-refractivity contribution in [3.8, 4) is 0 Å². The molecule has 0 saturated heterocycles. The van der Waals surface area contributed by atoms with Crippen molar-refractivity contribution in [1.82, 2.24) is 9.97 Å². The molecule has 0 aliphatic rings. The molecule has 0 spiro atoms. The number of carboxylic acid groups (broad SMARTS) is 1. The maximum absolute atomic E-state index is 10.4. The number of aromatic amines is 1. The molecule has 2 N–H and O–H groups in total. The Balaban J connectivity index is 2.54. The van der Waals surface area contributed by atoms with Crippen molar-refractivity contribution in [2.24, 2.45) is 0 Å². The zero-order valence-corrected chi connectivity index (χ0v) is 7.78. The van der Waals surface area contributed by atoms with E-state index in [1.54, 1.807) is 0 Å². The Morgan fingerprint density at radius 2 is 2.50 bits per heavy atom. The lowest BCUT2D eigenvalue weighted by atomic mass is 10.5. The molecule has 0 aromatic carbocycles. The summed E-state index contributed by atoms with van der Waals surface area (Å²) in [5, 5.41) is 18.9. The highest BCUT2D eigenvalue weighted by molar-refractivity contribution is 7.99. The normalized spacial score (nSPS) is 10.0. The highest BCUT2D eigenvalue weighted by Crippen LogP contribution is 2.24.